The second kappa shape index (κ2) is 4.58. The van der Waals surface area contributed by atoms with Gasteiger partial charge in [-0.15, -0.1) is 0 Å². The maximum Gasteiger partial charge on any atom is 0.269 e. The van der Waals surface area contributed by atoms with Crippen LogP contribution in [0.5, 0.6) is 0 Å². The molecule has 0 bridgehead atoms. The first kappa shape index (κ1) is 11.0. The summed E-state index contributed by atoms with van der Waals surface area (Å²) in [5.41, 5.74) is 1.43. The highest BCUT2D eigenvalue weighted by molar-refractivity contribution is 5.59. The average Bonchev–Trinajstić information content (AvgIpc) is 2.38. The Morgan fingerprint density at radius 2 is 2.29 bits per heavy atom. The highest BCUT2D eigenvalue weighted by Crippen LogP contribution is 2.18. The van der Waals surface area contributed by atoms with Gasteiger partial charge in [0.15, 0.2) is 0 Å². The summed E-state index contributed by atoms with van der Waals surface area (Å²) in [7, 11) is 0. The summed E-state index contributed by atoms with van der Waals surface area (Å²) < 4.78 is 0. The molecule has 0 aromatic carbocycles. The Morgan fingerprint density at radius 1 is 1.47 bits per heavy atom. The quantitative estimate of drug-likeness (QED) is 0.835. The van der Waals surface area contributed by atoms with Gasteiger partial charge in [0, 0.05) is 18.0 Å². The number of aromatic nitrogens is 3. The van der Waals surface area contributed by atoms with E-state index in [4.69, 9.17) is 5.26 Å². The highest BCUT2D eigenvalue weighted by atomic mass is 16.1. The maximum absolute atomic E-state index is 11.5. The van der Waals surface area contributed by atoms with Crippen molar-refractivity contribution in [2.75, 3.05) is 0 Å². The van der Waals surface area contributed by atoms with Crippen LogP contribution < -0.4 is 5.56 Å². The van der Waals surface area contributed by atoms with Crippen molar-refractivity contribution in [3.8, 4) is 17.5 Å². The number of aryl methyl sites for hydroxylation is 1. The zero-order valence-electron chi connectivity index (χ0n) is 9.27. The Kier molecular flexibility index (Phi) is 2.97. The number of hydrogen-bond donors (Lipinski definition) is 1. The topological polar surface area (TPSA) is 82.4 Å². The summed E-state index contributed by atoms with van der Waals surface area (Å²) in [5.74, 6) is 0.466. The van der Waals surface area contributed by atoms with Crippen LogP contribution in [0.4, 0.5) is 0 Å². The Morgan fingerprint density at radius 3 is 2.94 bits per heavy atom. The van der Waals surface area contributed by atoms with Gasteiger partial charge >= 0.3 is 0 Å². The Labute approximate surface area is 97.8 Å². The van der Waals surface area contributed by atoms with E-state index in [1.807, 2.05) is 6.92 Å². The van der Waals surface area contributed by atoms with E-state index in [9.17, 15) is 4.79 Å². The molecule has 0 aliphatic rings. The lowest BCUT2D eigenvalue weighted by Gasteiger charge is -2.05. The molecule has 2 rings (SSSR count). The monoisotopic (exact) mass is 226 g/mol. The minimum atomic E-state index is -0.420. The van der Waals surface area contributed by atoms with Crippen molar-refractivity contribution >= 4 is 0 Å². The zero-order valence-corrected chi connectivity index (χ0v) is 9.27. The molecule has 0 fully saturated rings. The van der Waals surface area contributed by atoms with Crippen LogP contribution >= 0.6 is 0 Å². The molecule has 0 spiro atoms. The molecule has 0 saturated heterocycles. The standard InChI is InChI=1S/C12H10N4O/c1-2-8-6-14-4-3-10(8)11-15-7-9(5-13)12(17)16-11/h3-4,6-7H,2H2,1H3,(H,15,16,17). The molecule has 2 heterocycles. The first-order valence-corrected chi connectivity index (χ1v) is 5.19. The predicted octanol–water partition coefficient (Wildman–Crippen LogP) is 1.27. The van der Waals surface area contributed by atoms with E-state index in [0.29, 0.717) is 5.82 Å². The Hall–Kier alpha value is -2.48. The summed E-state index contributed by atoms with van der Waals surface area (Å²) in [6, 6.07) is 3.58. The molecule has 0 amide bonds. The summed E-state index contributed by atoms with van der Waals surface area (Å²) in [5, 5.41) is 8.66. The van der Waals surface area contributed by atoms with Crippen LogP contribution in [0.2, 0.25) is 0 Å². The van der Waals surface area contributed by atoms with E-state index in [0.717, 1.165) is 17.5 Å². The summed E-state index contributed by atoms with van der Waals surface area (Å²) in [6.07, 6.45) is 5.47. The second-order valence-electron chi connectivity index (χ2n) is 3.47. The molecular formula is C12H10N4O. The fourth-order valence-corrected chi connectivity index (χ4v) is 1.55. The van der Waals surface area contributed by atoms with Gasteiger partial charge in [-0.3, -0.25) is 9.78 Å². The number of nitrogens with zero attached hydrogens (tertiary/aromatic N) is 3. The molecule has 0 aliphatic heterocycles. The van der Waals surface area contributed by atoms with Gasteiger partial charge in [0.2, 0.25) is 0 Å². The third kappa shape index (κ3) is 2.06. The van der Waals surface area contributed by atoms with Crippen molar-refractivity contribution in [1.29, 1.82) is 5.26 Å². The van der Waals surface area contributed by atoms with Crippen LogP contribution in [0.15, 0.2) is 29.5 Å². The number of rotatable bonds is 2. The molecule has 2 aromatic rings. The minimum absolute atomic E-state index is 0.0147. The highest BCUT2D eigenvalue weighted by Gasteiger charge is 2.07. The van der Waals surface area contributed by atoms with Gasteiger partial charge < -0.3 is 4.98 Å². The normalized spacial score (nSPS) is 9.88. The fourth-order valence-electron chi connectivity index (χ4n) is 1.55. The van der Waals surface area contributed by atoms with Crippen LogP contribution in [0, 0.1) is 11.3 Å². The van der Waals surface area contributed by atoms with Gasteiger partial charge in [-0.1, -0.05) is 6.92 Å². The third-order valence-electron chi connectivity index (χ3n) is 2.46. The molecule has 1 N–H and O–H groups in total. The largest absolute Gasteiger partial charge is 0.305 e. The molecule has 0 saturated carbocycles. The molecule has 5 nitrogen and oxygen atoms in total. The fraction of sp³-hybridized carbons (Fsp3) is 0.167. The van der Waals surface area contributed by atoms with Crippen LogP contribution in [0.25, 0.3) is 11.4 Å². The molecule has 84 valence electrons. The summed E-state index contributed by atoms with van der Waals surface area (Å²) in [4.78, 5) is 22.2. The molecule has 2 aromatic heterocycles. The Balaban J connectivity index is 2.58. The van der Waals surface area contributed by atoms with Gasteiger partial charge in [-0.25, -0.2) is 4.98 Å². The van der Waals surface area contributed by atoms with Crippen molar-refractivity contribution in [3.63, 3.8) is 0 Å². The second-order valence-corrected chi connectivity index (χ2v) is 3.47. The number of nitrogens with one attached hydrogen (secondary N) is 1. The third-order valence-corrected chi connectivity index (χ3v) is 2.46. The predicted molar refractivity (Wildman–Crippen MR) is 62.2 cm³/mol. The summed E-state index contributed by atoms with van der Waals surface area (Å²) >= 11 is 0. The summed E-state index contributed by atoms with van der Waals surface area (Å²) in [6.45, 7) is 2.00. The van der Waals surface area contributed by atoms with Crippen LogP contribution in [0.3, 0.4) is 0 Å². The average molecular weight is 226 g/mol. The molecule has 17 heavy (non-hydrogen) atoms. The molecule has 0 radical (unpaired) electrons. The maximum atomic E-state index is 11.5. The number of H-pyrrole nitrogens is 1. The van der Waals surface area contributed by atoms with Gasteiger partial charge in [0.1, 0.15) is 17.5 Å². The van der Waals surface area contributed by atoms with Crippen molar-refractivity contribution in [2.24, 2.45) is 0 Å². The van der Waals surface area contributed by atoms with E-state index < -0.39 is 5.56 Å². The van der Waals surface area contributed by atoms with Crippen molar-refractivity contribution in [3.05, 3.63) is 46.1 Å². The van der Waals surface area contributed by atoms with E-state index in [1.165, 1.54) is 6.20 Å². The van der Waals surface area contributed by atoms with Gasteiger partial charge in [0.25, 0.3) is 5.56 Å². The smallest absolute Gasteiger partial charge is 0.269 e. The van der Waals surface area contributed by atoms with E-state index >= 15 is 0 Å². The van der Waals surface area contributed by atoms with Crippen molar-refractivity contribution in [2.45, 2.75) is 13.3 Å². The van der Waals surface area contributed by atoms with Gasteiger partial charge in [-0.05, 0) is 18.1 Å². The zero-order chi connectivity index (χ0) is 12.3. The van der Waals surface area contributed by atoms with E-state index in [2.05, 4.69) is 15.0 Å². The lowest BCUT2D eigenvalue weighted by Crippen LogP contribution is -2.12. The lowest BCUT2D eigenvalue weighted by atomic mass is 10.1. The Bertz CT molecular complexity index is 639. The van der Waals surface area contributed by atoms with Crippen molar-refractivity contribution < 1.29 is 0 Å². The SMILES string of the molecule is CCc1cnccc1-c1ncc(C#N)c(=O)[nH]1. The molecule has 5 heteroatoms. The first-order valence-electron chi connectivity index (χ1n) is 5.19. The van der Waals surface area contributed by atoms with Crippen LogP contribution in [0.1, 0.15) is 18.1 Å². The molecule has 0 atom stereocenters. The molecular weight excluding hydrogens is 216 g/mol. The van der Waals surface area contributed by atoms with Crippen LogP contribution in [-0.4, -0.2) is 15.0 Å². The van der Waals surface area contributed by atoms with E-state index in [-0.39, 0.29) is 5.56 Å². The van der Waals surface area contributed by atoms with E-state index in [1.54, 1.807) is 24.5 Å². The minimum Gasteiger partial charge on any atom is -0.305 e. The molecule has 0 aliphatic carbocycles. The number of pyridine rings is 1. The molecule has 0 unspecified atom stereocenters. The van der Waals surface area contributed by atoms with Gasteiger partial charge in [-0.2, -0.15) is 5.26 Å². The number of hydrogen-bond acceptors (Lipinski definition) is 4. The number of nitriles is 1. The lowest BCUT2D eigenvalue weighted by molar-refractivity contribution is 1.06. The van der Waals surface area contributed by atoms with Crippen LogP contribution in [-0.2, 0) is 6.42 Å². The van der Waals surface area contributed by atoms with Gasteiger partial charge in [0.05, 0.1) is 6.20 Å². The van der Waals surface area contributed by atoms with Crippen molar-refractivity contribution in [1.82, 2.24) is 15.0 Å². The number of aromatic amines is 1. The first-order chi connectivity index (χ1) is 8.26.